The van der Waals surface area contributed by atoms with Gasteiger partial charge in [-0.3, -0.25) is 14.2 Å². The molecule has 0 spiro atoms. The van der Waals surface area contributed by atoms with Crippen molar-refractivity contribution in [2.24, 2.45) is 0 Å². The van der Waals surface area contributed by atoms with E-state index in [0.717, 1.165) is 89.9 Å². The topological polar surface area (TPSA) is 124 Å². The van der Waals surface area contributed by atoms with Gasteiger partial charge in [0.2, 0.25) is 0 Å². The van der Waals surface area contributed by atoms with Crippen molar-refractivity contribution in [1.82, 2.24) is 0 Å². The van der Waals surface area contributed by atoms with Crippen molar-refractivity contribution in [1.29, 1.82) is 0 Å². The minimum Gasteiger partial charge on any atom is -0.756 e. The third kappa shape index (κ3) is 36.9. The number of quaternary nitrogens is 1. The molecule has 1 rings (SSSR count). The van der Waals surface area contributed by atoms with E-state index in [2.05, 4.69) is 86.8 Å². The van der Waals surface area contributed by atoms with Gasteiger partial charge < -0.3 is 32.6 Å². The largest absolute Gasteiger partial charge is 0.756 e. The van der Waals surface area contributed by atoms with Crippen LogP contribution in [0.15, 0.2) is 72.9 Å². The van der Waals surface area contributed by atoms with Crippen molar-refractivity contribution in [3.8, 4) is 0 Å². The van der Waals surface area contributed by atoms with Crippen LogP contribution in [0, 0.1) is 0 Å². The van der Waals surface area contributed by atoms with Gasteiger partial charge in [-0.05, 0) is 83.5 Å². The van der Waals surface area contributed by atoms with E-state index in [1.807, 2.05) is 21.1 Å². The van der Waals surface area contributed by atoms with E-state index < -0.39 is 32.5 Å². The van der Waals surface area contributed by atoms with Crippen molar-refractivity contribution in [3.63, 3.8) is 0 Å². The molecule has 4 atom stereocenters. The number of esters is 2. The van der Waals surface area contributed by atoms with Gasteiger partial charge in [-0.25, -0.2) is 0 Å². The second kappa shape index (κ2) is 36.1. The summed E-state index contributed by atoms with van der Waals surface area (Å²) in [4.78, 5) is 37.6. The number of phosphoric ester groups is 1. The normalized spacial score (nSPS) is 17.7. The molecule has 0 aromatic carbocycles. The number of unbranched alkanes of at least 4 members (excludes halogenated alkanes) is 10. The molecule has 0 aromatic rings. The van der Waals surface area contributed by atoms with Crippen molar-refractivity contribution in [3.05, 3.63) is 72.9 Å². The highest BCUT2D eigenvalue weighted by Crippen LogP contribution is 2.38. The number of hydrogen-bond donors (Lipinski definition) is 0. The fraction of sp³-hybridized carbons (Fsp3) is 0.708. The first-order valence-electron chi connectivity index (χ1n) is 22.8. The molecule has 1 heterocycles. The maximum Gasteiger partial charge on any atom is 0.306 e. The highest BCUT2D eigenvalue weighted by molar-refractivity contribution is 7.45. The fourth-order valence-electron chi connectivity index (χ4n) is 5.98. The van der Waals surface area contributed by atoms with E-state index in [4.69, 9.17) is 23.3 Å². The van der Waals surface area contributed by atoms with E-state index in [1.165, 1.54) is 25.7 Å². The zero-order valence-corrected chi connectivity index (χ0v) is 38.5. The lowest BCUT2D eigenvalue weighted by atomic mass is 10.1. The van der Waals surface area contributed by atoms with Crippen molar-refractivity contribution in [2.75, 3.05) is 47.5 Å². The minimum atomic E-state index is -4.65. The second-order valence-corrected chi connectivity index (χ2v) is 17.8. The SMILES string of the molecule is CC/C=C\C/C=C\C/C=C\C/C=C\C/C=C\CCCCCC(=O)OC[C@H](COP(=O)([O-])OCC[N+](C)(C)C)OC(=O)CCCCCCC/C=C\CC1OC1CCCCC. The summed E-state index contributed by atoms with van der Waals surface area (Å²) < 4.78 is 39.6. The third-order valence-corrected chi connectivity index (χ3v) is 10.6. The van der Waals surface area contributed by atoms with Gasteiger partial charge in [0.25, 0.3) is 7.82 Å². The highest BCUT2D eigenvalue weighted by atomic mass is 31.2. The van der Waals surface area contributed by atoms with Gasteiger partial charge in [0.05, 0.1) is 40.0 Å². The first-order valence-corrected chi connectivity index (χ1v) is 24.2. The Hall–Kier alpha value is -2.59. The molecule has 11 heteroatoms. The smallest absolute Gasteiger partial charge is 0.306 e. The molecule has 0 aromatic heterocycles. The molecule has 0 N–H and O–H groups in total. The van der Waals surface area contributed by atoms with Crippen LogP contribution in [0.3, 0.4) is 0 Å². The Bertz CT molecular complexity index is 1300. The molecular weight excluding hydrogens is 765 g/mol. The van der Waals surface area contributed by atoms with Crippen LogP contribution < -0.4 is 4.89 Å². The summed E-state index contributed by atoms with van der Waals surface area (Å²) in [6, 6.07) is 0. The number of likely N-dealkylation sites (N-methyl/N-ethyl adjacent to an activating group) is 1. The Balaban J connectivity index is 2.30. The van der Waals surface area contributed by atoms with Crippen LogP contribution in [0.1, 0.15) is 155 Å². The van der Waals surface area contributed by atoms with Crippen LogP contribution in [0.25, 0.3) is 0 Å². The molecule has 59 heavy (non-hydrogen) atoms. The zero-order valence-electron chi connectivity index (χ0n) is 37.6. The summed E-state index contributed by atoms with van der Waals surface area (Å²) in [5.74, 6) is -0.901. The summed E-state index contributed by atoms with van der Waals surface area (Å²) >= 11 is 0. The zero-order chi connectivity index (χ0) is 43.3. The molecule has 1 saturated heterocycles. The molecule has 0 aliphatic carbocycles. The monoisotopic (exact) mass is 848 g/mol. The molecule has 10 nitrogen and oxygen atoms in total. The maximum absolute atomic E-state index is 12.7. The van der Waals surface area contributed by atoms with E-state index in [9.17, 15) is 19.0 Å². The van der Waals surface area contributed by atoms with Crippen molar-refractivity contribution < 1.29 is 46.8 Å². The van der Waals surface area contributed by atoms with Crippen LogP contribution in [0.4, 0.5) is 0 Å². The third-order valence-electron chi connectivity index (χ3n) is 9.63. The molecular formula is C48H82NO9P. The molecule has 0 saturated carbocycles. The second-order valence-electron chi connectivity index (χ2n) is 16.4. The Morgan fingerprint density at radius 3 is 1.80 bits per heavy atom. The Kier molecular flexibility index (Phi) is 33.3. The molecule has 1 aliphatic rings. The predicted molar refractivity (Wildman–Crippen MR) is 240 cm³/mol. The van der Waals surface area contributed by atoms with Gasteiger partial charge in [-0.1, -0.05) is 132 Å². The molecule has 0 amide bonds. The van der Waals surface area contributed by atoms with E-state index in [0.29, 0.717) is 36.1 Å². The van der Waals surface area contributed by atoms with Crippen LogP contribution in [0.5, 0.6) is 0 Å². The van der Waals surface area contributed by atoms with E-state index >= 15 is 0 Å². The molecule has 3 unspecified atom stereocenters. The Labute approximate surface area is 359 Å². The van der Waals surface area contributed by atoms with Gasteiger partial charge in [0.15, 0.2) is 6.10 Å². The number of nitrogens with zero attached hydrogens (tertiary/aromatic N) is 1. The quantitative estimate of drug-likeness (QED) is 0.0148. The summed E-state index contributed by atoms with van der Waals surface area (Å²) in [6.45, 7) is 4.00. The van der Waals surface area contributed by atoms with Gasteiger partial charge in [-0.15, -0.1) is 0 Å². The molecule has 338 valence electrons. The van der Waals surface area contributed by atoms with Gasteiger partial charge >= 0.3 is 11.9 Å². The lowest BCUT2D eigenvalue weighted by molar-refractivity contribution is -0.870. The van der Waals surface area contributed by atoms with E-state index in [-0.39, 0.29) is 26.1 Å². The van der Waals surface area contributed by atoms with Gasteiger partial charge in [-0.2, -0.15) is 0 Å². The van der Waals surface area contributed by atoms with Crippen LogP contribution in [0.2, 0.25) is 0 Å². The first kappa shape index (κ1) is 54.4. The summed E-state index contributed by atoms with van der Waals surface area (Å²) in [6.07, 6.45) is 46.7. The van der Waals surface area contributed by atoms with Crippen molar-refractivity contribution >= 4 is 19.8 Å². The van der Waals surface area contributed by atoms with Gasteiger partial charge in [0, 0.05) is 12.8 Å². The van der Waals surface area contributed by atoms with E-state index in [1.54, 1.807) is 0 Å². The minimum absolute atomic E-state index is 0.0455. The van der Waals surface area contributed by atoms with Crippen LogP contribution >= 0.6 is 7.82 Å². The molecule has 0 radical (unpaired) electrons. The average molecular weight is 848 g/mol. The highest BCUT2D eigenvalue weighted by Gasteiger charge is 2.36. The number of hydrogen-bond acceptors (Lipinski definition) is 9. The lowest BCUT2D eigenvalue weighted by Gasteiger charge is -2.28. The number of rotatable bonds is 39. The van der Waals surface area contributed by atoms with Gasteiger partial charge in [0.1, 0.15) is 19.8 Å². The molecule has 0 bridgehead atoms. The Morgan fingerprint density at radius 1 is 0.644 bits per heavy atom. The standard InChI is InChI=1S/C48H82NO9P/c1-6-8-10-11-12-13-14-15-16-17-18-19-20-21-22-23-27-30-34-38-47(50)54-42-44(43-56-59(52,53)55-41-40-49(3,4)5)57-48(51)39-35-31-28-25-24-26-29-33-37-46-45(58-46)36-32-9-7-2/h8,10,12-13,15-16,18-19,21-22,29,33,44-46H,6-7,9,11,14,17,20,23-28,30-32,34-43H2,1-5H3/b10-8-,13-12-,16-15-,19-18-,22-21-,33-29-/t44-,45?,46?/m1/s1. The molecule has 1 aliphatic heterocycles. The number of carbonyl (C=O) groups excluding carboxylic acids is 2. The Morgan fingerprint density at radius 2 is 1.19 bits per heavy atom. The number of ether oxygens (including phenoxy) is 3. The maximum atomic E-state index is 12.7. The number of allylic oxidation sites excluding steroid dienone is 11. The van der Waals surface area contributed by atoms with Crippen LogP contribution in [-0.4, -0.2) is 82.2 Å². The lowest BCUT2D eigenvalue weighted by Crippen LogP contribution is -2.37. The number of carbonyl (C=O) groups is 2. The first-order chi connectivity index (χ1) is 28.5. The van der Waals surface area contributed by atoms with Crippen molar-refractivity contribution in [2.45, 2.75) is 173 Å². The summed E-state index contributed by atoms with van der Waals surface area (Å²) in [5, 5.41) is 0. The number of phosphoric acid groups is 1. The summed E-state index contributed by atoms with van der Waals surface area (Å²) in [7, 11) is 1.12. The fourth-order valence-corrected chi connectivity index (χ4v) is 6.71. The average Bonchev–Trinajstić information content (AvgIpc) is 3.94. The van der Waals surface area contributed by atoms with Crippen LogP contribution in [-0.2, 0) is 37.4 Å². The molecule has 1 fully saturated rings. The summed E-state index contributed by atoms with van der Waals surface area (Å²) in [5.41, 5.74) is 0. The number of epoxide rings is 1. The predicted octanol–water partition coefficient (Wildman–Crippen LogP) is 11.4.